The minimum Gasteiger partial charge on any atom is -0.346 e. The molecule has 3 aromatic rings. The highest BCUT2D eigenvalue weighted by molar-refractivity contribution is 9.10. The Morgan fingerprint density at radius 1 is 1.20 bits per heavy atom. The number of anilines is 1. The second kappa shape index (κ2) is 8.87. The Hall–Kier alpha value is -2.49. The zero-order chi connectivity index (χ0) is 25.0. The van der Waals surface area contributed by atoms with Crippen LogP contribution in [0, 0.1) is 6.92 Å². The number of nitrogens with zero attached hydrogens (tertiary/aromatic N) is 4. The molecule has 1 aromatic carbocycles. The lowest BCUT2D eigenvalue weighted by atomic mass is 10.1. The van der Waals surface area contributed by atoms with Crippen molar-refractivity contribution in [1.82, 2.24) is 19.5 Å². The summed E-state index contributed by atoms with van der Waals surface area (Å²) < 4.78 is 51.2. The molecule has 0 aliphatic carbocycles. The predicted molar refractivity (Wildman–Crippen MR) is 125 cm³/mol. The van der Waals surface area contributed by atoms with Crippen LogP contribution in [0.15, 0.2) is 40.2 Å². The van der Waals surface area contributed by atoms with Gasteiger partial charge >= 0.3 is 0 Å². The topological polar surface area (TPSA) is 144 Å². The van der Waals surface area contributed by atoms with Gasteiger partial charge in [0.2, 0.25) is 6.41 Å². The largest absolute Gasteiger partial charge is 0.346 e. The predicted octanol–water partition coefficient (Wildman–Crippen LogP) is 2.29. The smallest absolute Gasteiger partial charge is 0.297 e. The zero-order valence-electron chi connectivity index (χ0n) is 18.9. The summed E-state index contributed by atoms with van der Waals surface area (Å²) in [7, 11) is -4.01. The van der Waals surface area contributed by atoms with Gasteiger partial charge in [-0.3, -0.25) is 13.5 Å². The van der Waals surface area contributed by atoms with Gasteiger partial charge in [0.15, 0.2) is 33.7 Å². The van der Waals surface area contributed by atoms with Gasteiger partial charge in [-0.2, -0.15) is 8.42 Å². The minimum atomic E-state index is -4.01. The van der Waals surface area contributed by atoms with Crippen LogP contribution in [0.4, 0.5) is 5.82 Å². The number of nitrogens with one attached hydrogen (secondary N) is 1. The normalized spacial score (nSPS) is 25.6. The fraction of sp³-hybridized carbons (Fsp3) is 0.429. The molecule has 2 fully saturated rings. The number of hydrogen-bond acceptors (Lipinski definition) is 10. The van der Waals surface area contributed by atoms with Gasteiger partial charge in [0, 0.05) is 0 Å². The van der Waals surface area contributed by atoms with Crippen molar-refractivity contribution in [2.45, 2.75) is 56.0 Å². The van der Waals surface area contributed by atoms with Crippen LogP contribution in [0.2, 0.25) is 0 Å². The number of aromatic nitrogens is 4. The van der Waals surface area contributed by atoms with Crippen LogP contribution in [0.1, 0.15) is 25.6 Å². The molecule has 4 heterocycles. The second-order valence-electron chi connectivity index (χ2n) is 8.59. The van der Waals surface area contributed by atoms with E-state index in [0.717, 1.165) is 5.56 Å². The van der Waals surface area contributed by atoms with Crippen LogP contribution >= 0.6 is 15.9 Å². The number of fused-ring (bicyclic) bond motifs is 2. The number of carbonyl (C=O) groups is 1. The maximum atomic E-state index is 12.7. The van der Waals surface area contributed by atoms with Gasteiger partial charge in [0.25, 0.3) is 10.1 Å². The average molecular weight is 568 g/mol. The number of imidazole rings is 1. The van der Waals surface area contributed by atoms with E-state index in [1.165, 1.54) is 18.5 Å². The quantitative estimate of drug-likeness (QED) is 0.256. The van der Waals surface area contributed by atoms with E-state index in [1.807, 2.05) is 6.92 Å². The van der Waals surface area contributed by atoms with Crippen LogP contribution in [-0.4, -0.2) is 65.1 Å². The maximum Gasteiger partial charge on any atom is 0.297 e. The molecule has 2 aliphatic heterocycles. The summed E-state index contributed by atoms with van der Waals surface area (Å²) in [6.45, 7) is 5.10. The molecule has 35 heavy (non-hydrogen) atoms. The molecule has 1 amide bonds. The van der Waals surface area contributed by atoms with Crippen LogP contribution in [0.3, 0.4) is 0 Å². The van der Waals surface area contributed by atoms with Gasteiger partial charge < -0.3 is 19.5 Å². The SMILES string of the molecule is Cc1ccc(S(=O)(=O)OC[C@H]2O[C@@H](n3c(Br)nc4c(NC=O)ncnc43)[C@@H]3OC(C)(C)O[C@@H]32)cc1. The first-order valence-electron chi connectivity index (χ1n) is 10.7. The Morgan fingerprint density at radius 2 is 1.91 bits per heavy atom. The van der Waals surface area contributed by atoms with E-state index in [2.05, 4.69) is 36.2 Å². The standard InChI is InChI=1S/C21H22BrN5O7S/c1-11-4-6-12(7-5-11)35(29,30)31-8-13-15-16(34-21(2,3)33-15)19(32-13)27-18-14(26-20(27)22)17(25-10-28)23-9-24-18/h4-7,9-10,13,15-16,19H,8H2,1-3H3,(H,23,24,25,28)/t13-,15-,16-,19-/m1/s1. The van der Waals surface area contributed by atoms with Crippen LogP contribution in [-0.2, 0) is 33.3 Å². The highest BCUT2D eigenvalue weighted by Crippen LogP contribution is 2.45. The third-order valence-electron chi connectivity index (χ3n) is 5.71. The summed E-state index contributed by atoms with van der Waals surface area (Å²) in [5.74, 6) is -0.708. The Morgan fingerprint density at radius 3 is 2.63 bits per heavy atom. The van der Waals surface area contributed by atoms with Crippen molar-refractivity contribution < 1.29 is 31.6 Å². The highest BCUT2D eigenvalue weighted by Gasteiger charge is 2.56. The van der Waals surface area contributed by atoms with Crippen molar-refractivity contribution in [2.24, 2.45) is 0 Å². The third-order valence-corrected chi connectivity index (χ3v) is 7.56. The van der Waals surface area contributed by atoms with E-state index >= 15 is 0 Å². The maximum absolute atomic E-state index is 12.7. The van der Waals surface area contributed by atoms with Gasteiger partial charge in [0.1, 0.15) is 24.6 Å². The first kappa shape index (κ1) is 24.2. The molecule has 14 heteroatoms. The number of ether oxygens (including phenoxy) is 3. The number of aryl methyl sites for hydroxylation is 1. The number of rotatable bonds is 7. The van der Waals surface area contributed by atoms with Gasteiger partial charge in [0.05, 0.1) is 11.5 Å². The average Bonchev–Trinajstić information content (AvgIpc) is 3.41. The van der Waals surface area contributed by atoms with Gasteiger partial charge in [-0.15, -0.1) is 0 Å². The Kier molecular flexibility index (Phi) is 6.14. The van der Waals surface area contributed by atoms with Crippen molar-refractivity contribution in [1.29, 1.82) is 0 Å². The number of amides is 1. The molecule has 5 rings (SSSR count). The van der Waals surface area contributed by atoms with E-state index in [0.29, 0.717) is 22.3 Å². The summed E-state index contributed by atoms with van der Waals surface area (Å²) in [5.41, 5.74) is 1.65. The fourth-order valence-corrected chi connectivity index (χ4v) is 5.67. The summed E-state index contributed by atoms with van der Waals surface area (Å²) in [4.78, 5) is 23.8. The number of carbonyl (C=O) groups excluding carboxylic acids is 1. The Balaban J connectivity index is 1.45. The Bertz CT molecular complexity index is 1380. The molecule has 186 valence electrons. The molecule has 0 bridgehead atoms. The molecule has 0 saturated carbocycles. The molecule has 0 unspecified atom stereocenters. The third kappa shape index (κ3) is 4.45. The molecule has 2 aliphatic rings. The monoisotopic (exact) mass is 567 g/mol. The lowest BCUT2D eigenvalue weighted by Crippen LogP contribution is -2.33. The van der Waals surface area contributed by atoms with Gasteiger partial charge in [-0.05, 0) is 48.8 Å². The molecule has 1 N–H and O–H groups in total. The molecule has 0 spiro atoms. The van der Waals surface area contributed by atoms with Crippen molar-refractivity contribution in [3.8, 4) is 0 Å². The number of halogens is 1. The van der Waals surface area contributed by atoms with Crippen LogP contribution in [0.25, 0.3) is 11.2 Å². The molecule has 12 nitrogen and oxygen atoms in total. The lowest BCUT2D eigenvalue weighted by molar-refractivity contribution is -0.199. The van der Waals surface area contributed by atoms with Crippen molar-refractivity contribution in [3.63, 3.8) is 0 Å². The summed E-state index contributed by atoms with van der Waals surface area (Å²) in [6.07, 6.45) is -1.01. The second-order valence-corrected chi connectivity index (χ2v) is 10.9. The first-order chi connectivity index (χ1) is 16.6. The van der Waals surface area contributed by atoms with E-state index in [-0.39, 0.29) is 17.3 Å². The van der Waals surface area contributed by atoms with Crippen LogP contribution < -0.4 is 5.32 Å². The van der Waals surface area contributed by atoms with Crippen LogP contribution in [0.5, 0.6) is 0 Å². The summed E-state index contributed by atoms with van der Waals surface area (Å²) >= 11 is 3.42. The Labute approximate surface area is 209 Å². The molecular formula is C21H22BrN5O7S. The number of benzene rings is 1. The van der Waals surface area contributed by atoms with Gasteiger partial charge in [-0.25, -0.2) is 15.0 Å². The first-order valence-corrected chi connectivity index (χ1v) is 12.9. The van der Waals surface area contributed by atoms with E-state index in [9.17, 15) is 13.2 Å². The van der Waals surface area contributed by atoms with Gasteiger partial charge in [-0.1, -0.05) is 17.7 Å². The molecule has 2 aromatic heterocycles. The zero-order valence-corrected chi connectivity index (χ0v) is 21.3. The lowest BCUT2D eigenvalue weighted by Gasteiger charge is -2.25. The fourth-order valence-electron chi connectivity index (χ4n) is 4.20. The molecular weight excluding hydrogens is 546 g/mol. The summed E-state index contributed by atoms with van der Waals surface area (Å²) in [6, 6.07) is 6.37. The van der Waals surface area contributed by atoms with E-state index < -0.39 is 40.4 Å². The van der Waals surface area contributed by atoms with E-state index in [1.54, 1.807) is 30.5 Å². The van der Waals surface area contributed by atoms with E-state index in [4.69, 9.17) is 18.4 Å². The molecule has 2 saturated heterocycles. The number of hydrogen-bond donors (Lipinski definition) is 1. The van der Waals surface area contributed by atoms with Crippen molar-refractivity contribution >= 4 is 49.4 Å². The van der Waals surface area contributed by atoms with Crippen molar-refractivity contribution in [3.05, 3.63) is 40.9 Å². The minimum absolute atomic E-state index is 0.0494. The summed E-state index contributed by atoms with van der Waals surface area (Å²) in [5, 5.41) is 2.49. The molecule has 0 radical (unpaired) electrons. The molecule has 4 atom stereocenters. The highest BCUT2D eigenvalue weighted by atomic mass is 79.9. The van der Waals surface area contributed by atoms with Crippen molar-refractivity contribution in [2.75, 3.05) is 11.9 Å².